The number of rotatable bonds is 8. The molecule has 2 aromatic carbocycles. The number of aliphatic hydroxyl groups excluding tert-OH is 3. The summed E-state index contributed by atoms with van der Waals surface area (Å²) < 4.78 is 73.9. The van der Waals surface area contributed by atoms with E-state index in [2.05, 4.69) is 10.3 Å². The summed E-state index contributed by atoms with van der Waals surface area (Å²) in [4.78, 5) is 15.6. The average Bonchev–Trinajstić information content (AvgIpc) is 3.50. The molecule has 1 aromatic heterocycles. The van der Waals surface area contributed by atoms with Crippen molar-refractivity contribution in [1.82, 2.24) is 15.0 Å². The van der Waals surface area contributed by atoms with Crippen LogP contribution in [0.15, 0.2) is 36.5 Å². The van der Waals surface area contributed by atoms with Gasteiger partial charge < -0.3 is 34.4 Å². The first-order valence-electron chi connectivity index (χ1n) is 14.0. The maximum absolute atomic E-state index is 14.7. The molecule has 2 aliphatic rings. The van der Waals surface area contributed by atoms with E-state index in [4.69, 9.17) is 14.2 Å². The molecule has 0 bridgehead atoms. The molecule has 1 amide bonds. The van der Waals surface area contributed by atoms with Crippen molar-refractivity contribution in [3.63, 3.8) is 0 Å². The number of benzene rings is 2. The Morgan fingerprint density at radius 2 is 1.77 bits per heavy atom. The molecule has 7 atom stereocenters. The molecule has 1 saturated heterocycles. The molecular weight excluding hydrogens is 592 g/mol. The van der Waals surface area contributed by atoms with Crippen molar-refractivity contribution in [1.29, 1.82) is 0 Å². The van der Waals surface area contributed by atoms with Crippen molar-refractivity contribution < 1.29 is 51.9 Å². The highest BCUT2D eigenvalue weighted by Gasteiger charge is 2.52. The molecule has 44 heavy (non-hydrogen) atoms. The van der Waals surface area contributed by atoms with Gasteiger partial charge in [-0.25, -0.2) is 22.2 Å². The van der Waals surface area contributed by atoms with Gasteiger partial charge in [0.15, 0.2) is 23.6 Å². The summed E-state index contributed by atoms with van der Waals surface area (Å²) in [6.45, 7) is -0.729. The highest BCUT2D eigenvalue weighted by molar-refractivity contribution is 5.98. The third kappa shape index (κ3) is 6.02. The minimum Gasteiger partial charge on any atom is -0.497 e. The van der Waals surface area contributed by atoms with Crippen LogP contribution in [0.5, 0.6) is 5.75 Å². The van der Waals surface area contributed by atoms with Gasteiger partial charge in [-0.05, 0) is 31.0 Å². The van der Waals surface area contributed by atoms with Gasteiger partial charge in [0.05, 0.1) is 37.7 Å². The third-order valence-corrected chi connectivity index (χ3v) is 8.11. The van der Waals surface area contributed by atoms with Crippen LogP contribution in [0.3, 0.4) is 0 Å². The molecular formula is C29H32F4N4O7. The van der Waals surface area contributed by atoms with Crippen molar-refractivity contribution >= 4 is 11.6 Å². The van der Waals surface area contributed by atoms with Crippen LogP contribution in [0.2, 0.25) is 0 Å². The third-order valence-electron chi connectivity index (χ3n) is 8.11. The van der Waals surface area contributed by atoms with Gasteiger partial charge in [0.25, 0.3) is 5.91 Å². The van der Waals surface area contributed by atoms with Gasteiger partial charge in [-0.2, -0.15) is 0 Å². The quantitative estimate of drug-likeness (QED) is 0.255. The lowest BCUT2D eigenvalue weighted by Crippen LogP contribution is -2.63. The van der Waals surface area contributed by atoms with E-state index in [0.717, 1.165) is 35.4 Å². The van der Waals surface area contributed by atoms with Gasteiger partial charge in [0.2, 0.25) is 0 Å². The Hall–Kier alpha value is -3.63. The highest BCUT2D eigenvalue weighted by Crippen LogP contribution is 2.37. The van der Waals surface area contributed by atoms with Gasteiger partial charge in [0.1, 0.15) is 41.6 Å². The van der Waals surface area contributed by atoms with Crippen molar-refractivity contribution in [2.45, 2.75) is 68.3 Å². The highest BCUT2D eigenvalue weighted by atomic mass is 19.2. The minimum atomic E-state index is -1.66. The molecule has 2 fully saturated rings. The predicted octanol–water partition coefficient (Wildman–Crippen LogP) is 2.52. The van der Waals surface area contributed by atoms with Crippen LogP contribution in [-0.4, -0.2) is 93.6 Å². The monoisotopic (exact) mass is 624 g/mol. The van der Waals surface area contributed by atoms with E-state index < -0.39 is 78.4 Å². The second-order valence-electron chi connectivity index (χ2n) is 10.8. The van der Waals surface area contributed by atoms with Gasteiger partial charge in [-0.15, -0.1) is 5.10 Å². The minimum absolute atomic E-state index is 0.0846. The van der Waals surface area contributed by atoms with Gasteiger partial charge in [0, 0.05) is 24.8 Å². The summed E-state index contributed by atoms with van der Waals surface area (Å²) >= 11 is 0. The Balaban J connectivity index is 1.55. The molecule has 1 aliphatic carbocycles. The fourth-order valence-corrected chi connectivity index (χ4v) is 5.93. The smallest absolute Gasteiger partial charge is 0.259 e. The summed E-state index contributed by atoms with van der Waals surface area (Å²) in [7, 11) is 2.59. The fraction of sp³-hybridized carbons (Fsp3) is 0.483. The number of carbonyl (C=O) groups excluding carboxylic acids is 1. The lowest BCUT2D eigenvalue weighted by atomic mass is 9.88. The van der Waals surface area contributed by atoms with Crippen LogP contribution in [0.25, 0.3) is 11.3 Å². The number of nitrogens with zero attached hydrogens (tertiary/aromatic N) is 4. The van der Waals surface area contributed by atoms with Gasteiger partial charge >= 0.3 is 0 Å². The zero-order chi connectivity index (χ0) is 31.7. The zero-order valence-electron chi connectivity index (χ0n) is 23.8. The maximum atomic E-state index is 14.7. The van der Waals surface area contributed by atoms with Crippen LogP contribution in [0.1, 0.15) is 31.7 Å². The summed E-state index contributed by atoms with van der Waals surface area (Å²) in [5.41, 5.74) is -0.145. The van der Waals surface area contributed by atoms with E-state index in [1.54, 1.807) is 0 Å². The first-order valence-corrected chi connectivity index (χ1v) is 14.0. The maximum Gasteiger partial charge on any atom is 0.259 e. The topological polar surface area (TPSA) is 139 Å². The van der Waals surface area contributed by atoms with E-state index in [1.165, 1.54) is 31.4 Å². The second kappa shape index (κ2) is 13.2. The predicted molar refractivity (Wildman–Crippen MR) is 146 cm³/mol. The number of ether oxygens (including phenoxy) is 3. The lowest BCUT2D eigenvalue weighted by Gasteiger charge is -2.46. The van der Waals surface area contributed by atoms with Crippen LogP contribution in [-0.2, 0) is 14.3 Å². The Kier molecular flexibility index (Phi) is 9.51. The molecule has 238 valence electrons. The number of hydrogen-bond donors (Lipinski definition) is 3. The van der Waals surface area contributed by atoms with E-state index in [-0.39, 0.29) is 22.7 Å². The van der Waals surface area contributed by atoms with E-state index >= 15 is 0 Å². The molecule has 3 N–H and O–H groups in total. The molecule has 5 rings (SSSR count). The van der Waals surface area contributed by atoms with Crippen molar-refractivity contribution in [2.24, 2.45) is 0 Å². The zero-order valence-corrected chi connectivity index (χ0v) is 23.8. The number of halogens is 4. The summed E-state index contributed by atoms with van der Waals surface area (Å²) in [5, 5.41) is 40.1. The number of hydrogen-bond acceptors (Lipinski definition) is 9. The largest absolute Gasteiger partial charge is 0.497 e. The molecule has 1 saturated carbocycles. The van der Waals surface area contributed by atoms with Crippen LogP contribution >= 0.6 is 0 Å². The first-order chi connectivity index (χ1) is 21.1. The molecule has 3 aromatic rings. The van der Waals surface area contributed by atoms with E-state index in [9.17, 15) is 37.7 Å². The van der Waals surface area contributed by atoms with Crippen molar-refractivity contribution in [2.75, 3.05) is 25.7 Å². The van der Waals surface area contributed by atoms with E-state index in [0.29, 0.717) is 19.3 Å². The molecule has 1 aliphatic heterocycles. The normalized spacial score (nSPS) is 27.2. The molecule has 0 radical (unpaired) electrons. The number of carbonyl (C=O) groups is 1. The number of anilines is 1. The fourth-order valence-electron chi connectivity index (χ4n) is 5.93. The lowest BCUT2D eigenvalue weighted by molar-refractivity contribution is -0.211. The van der Waals surface area contributed by atoms with Gasteiger partial charge in [-0.1, -0.05) is 18.1 Å². The molecule has 15 heteroatoms. The van der Waals surface area contributed by atoms with Gasteiger partial charge in [-0.3, -0.25) is 4.79 Å². The average molecular weight is 625 g/mol. The number of methoxy groups -OCH3 is 2. The Morgan fingerprint density at radius 1 is 1.07 bits per heavy atom. The van der Waals surface area contributed by atoms with Crippen LogP contribution < -0.4 is 9.64 Å². The van der Waals surface area contributed by atoms with Crippen LogP contribution in [0.4, 0.5) is 23.2 Å². The Bertz CT molecular complexity index is 1470. The molecule has 0 unspecified atom stereocenters. The summed E-state index contributed by atoms with van der Waals surface area (Å²) in [5.74, 6) is -5.87. The van der Waals surface area contributed by atoms with Crippen molar-refractivity contribution in [3.8, 4) is 17.0 Å². The first kappa shape index (κ1) is 31.8. The summed E-state index contributed by atoms with van der Waals surface area (Å²) in [6.07, 6.45) is -3.21. The molecule has 0 spiro atoms. The van der Waals surface area contributed by atoms with Crippen LogP contribution in [0, 0.1) is 23.3 Å². The molecule has 11 nitrogen and oxygen atoms in total. The SMILES string of the molecule is COc1cc(F)cc(N(C(=O)[C@@H]2O[C@H](CO)[C@H](O)[C@H](n3cc(-c4cc(F)c(F)c(F)c4)nn3)[C@H]2OC)[C@H]2CCCC[C@@H]2O)c1. The Morgan fingerprint density at radius 3 is 2.41 bits per heavy atom. The van der Waals surface area contributed by atoms with Crippen molar-refractivity contribution in [3.05, 3.63) is 59.8 Å². The number of aliphatic hydroxyl groups is 3. The number of amides is 1. The standard InChI is InChI=1S/C29H32F4N4O7/c1-42-17-10-15(30)9-16(11-17)37(21-5-3-4-6-22(21)39)29(41)28-27(43-2)25(26(40)23(13-38)44-28)36-12-20(34-35-36)14-7-18(31)24(33)19(32)8-14/h7-12,21-23,25-28,38-40H,3-6,13H2,1-2H3/t21-,22-,23+,25-,26-,27+,28+/m0/s1. The summed E-state index contributed by atoms with van der Waals surface area (Å²) in [6, 6.07) is 3.13. The van der Waals surface area contributed by atoms with E-state index in [1.807, 2.05) is 0 Å². The number of aromatic nitrogens is 3. The Labute approximate surface area is 249 Å². The second-order valence-corrected chi connectivity index (χ2v) is 10.8. The molecule has 2 heterocycles.